The summed E-state index contributed by atoms with van der Waals surface area (Å²) in [6.07, 6.45) is -0.0771. The summed E-state index contributed by atoms with van der Waals surface area (Å²) in [4.78, 5) is 41.1. The van der Waals surface area contributed by atoms with Crippen LogP contribution in [0.4, 0.5) is 4.79 Å². The van der Waals surface area contributed by atoms with Crippen LogP contribution in [0.5, 0.6) is 5.75 Å². The molecule has 1 rings (SSSR count). The Morgan fingerprint density at radius 3 is 2.00 bits per heavy atom. The van der Waals surface area contributed by atoms with Crippen LogP contribution < -0.4 is 10.6 Å². The molecule has 1 aromatic carbocycles. The lowest BCUT2D eigenvalue weighted by Gasteiger charge is -2.36. The van der Waals surface area contributed by atoms with Crippen LogP contribution >= 0.6 is 0 Å². The largest absolute Gasteiger partial charge is 0.508 e. The van der Waals surface area contributed by atoms with E-state index in [1.165, 1.54) is 17.0 Å². The van der Waals surface area contributed by atoms with Gasteiger partial charge in [-0.2, -0.15) is 0 Å². The summed E-state index contributed by atoms with van der Waals surface area (Å²) in [7, 11) is 0. The molecule has 0 saturated heterocycles. The Bertz CT molecular complexity index is 807. The molecule has 0 radical (unpaired) electrons. The smallest absolute Gasteiger partial charge is 0.408 e. The fourth-order valence-corrected chi connectivity index (χ4v) is 3.30. The number of ether oxygens (including phenoxy) is 1. The van der Waals surface area contributed by atoms with Crippen LogP contribution in [-0.4, -0.2) is 51.6 Å². The van der Waals surface area contributed by atoms with Crippen molar-refractivity contribution >= 4 is 17.9 Å². The Hall–Kier alpha value is -2.77. The topological polar surface area (TPSA) is 108 Å². The van der Waals surface area contributed by atoms with Gasteiger partial charge in [-0.25, -0.2) is 4.79 Å². The summed E-state index contributed by atoms with van der Waals surface area (Å²) >= 11 is 0. The standard InChI is InChI=1S/C25H41N3O5/c1-10-15-28(22(31)19(16(2)3)26-23(32)33-25(7,8)9)20(21(30)27-24(4,5)6)17-11-13-18(29)14-12-17/h11-14,16,19-20,29H,10,15H2,1-9H3,(H,26,32)(H,27,30). The van der Waals surface area contributed by atoms with E-state index in [2.05, 4.69) is 10.6 Å². The molecule has 0 bridgehead atoms. The molecule has 0 spiro atoms. The molecule has 33 heavy (non-hydrogen) atoms. The van der Waals surface area contributed by atoms with Crippen LogP contribution in [0.25, 0.3) is 0 Å². The number of nitrogens with zero attached hydrogens (tertiary/aromatic N) is 1. The summed E-state index contributed by atoms with van der Waals surface area (Å²) in [6, 6.07) is 4.42. The van der Waals surface area contributed by atoms with Gasteiger partial charge in [0.2, 0.25) is 11.8 Å². The normalized spacial score (nSPS) is 13.8. The van der Waals surface area contributed by atoms with E-state index in [4.69, 9.17) is 4.74 Å². The van der Waals surface area contributed by atoms with Gasteiger partial charge in [0, 0.05) is 12.1 Å². The van der Waals surface area contributed by atoms with E-state index in [0.717, 1.165) is 0 Å². The molecule has 3 amide bonds. The zero-order valence-corrected chi connectivity index (χ0v) is 21.5. The minimum atomic E-state index is -0.932. The summed E-state index contributed by atoms with van der Waals surface area (Å²) in [5.74, 6) is -0.890. The minimum absolute atomic E-state index is 0.0637. The molecule has 0 fully saturated rings. The summed E-state index contributed by atoms with van der Waals surface area (Å²) < 4.78 is 5.35. The quantitative estimate of drug-likeness (QED) is 0.537. The molecule has 1 aromatic rings. The van der Waals surface area contributed by atoms with Gasteiger partial charge in [-0.3, -0.25) is 9.59 Å². The van der Waals surface area contributed by atoms with Crippen LogP contribution in [0.1, 0.15) is 80.3 Å². The number of nitrogens with one attached hydrogen (secondary N) is 2. The van der Waals surface area contributed by atoms with Crippen molar-refractivity contribution in [2.24, 2.45) is 5.92 Å². The highest BCUT2D eigenvalue weighted by Gasteiger charge is 2.38. The Balaban J connectivity index is 3.41. The molecule has 0 aliphatic rings. The fourth-order valence-electron chi connectivity index (χ4n) is 3.30. The number of phenolic OH excluding ortho intramolecular Hbond substituents is 1. The number of benzene rings is 1. The number of phenols is 1. The van der Waals surface area contributed by atoms with Gasteiger partial charge in [0.05, 0.1) is 0 Å². The molecule has 8 nitrogen and oxygen atoms in total. The van der Waals surface area contributed by atoms with Crippen molar-refractivity contribution in [3.8, 4) is 5.75 Å². The maximum Gasteiger partial charge on any atom is 0.408 e. The molecule has 0 aliphatic heterocycles. The molecule has 3 N–H and O–H groups in total. The highest BCUT2D eigenvalue weighted by Crippen LogP contribution is 2.26. The van der Waals surface area contributed by atoms with Crippen molar-refractivity contribution in [3.63, 3.8) is 0 Å². The molecule has 0 heterocycles. The van der Waals surface area contributed by atoms with Gasteiger partial charge in [0.25, 0.3) is 0 Å². The monoisotopic (exact) mass is 463 g/mol. The Morgan fingerprint density at radius 1 is 1.03 bits per heavy atom. The average molecular weight is 464 g/mol. The van der Waals surface area contributed by atoms with Crippen LogP contribution in [0.2, 0.25) is 0 Å². The van der Waals surface area contributed by atoms with Crippen molar-refractivity contribution in [2.45, 2.75) is 92.0 Å². The zero-order chi connectivity index (χ0) is 25.6. The third-order valence-corrected chi connectivity index (χ3v) is 4.62. The summed E-state index contributed by atoms with van der Waals surface area (Å²) in [5, 5.41) is 15.4. The molecule has 2 atom stereocenters. The van der Waals surface area contributed by atoms with Gasteiger partial charge in [-0.1, -0.05) is 32.9 Å². The lowest BCUT2D eigenvalue weighted by atomic mass is 9.97. The van der Waals surface area contributed by atoms with E-state index in [-0.39, 0.29) is 23.5 Å². The zero-order valence-electron chi connectivity index (χ0n) is 21.5. The molecule has 186 valence electrons. The molecular weight excluding hydrogens is 422 g/mol. The number of carbonyl (C=O) groups excluding carboxylic acids is 3. The fraction of sp³-hybridized carbons (Fsp3) is 0.640. The summed E-state index contributed by atoms with van der Waals surface area (Å²) in [6.45, 7) is 16.7. The Kier molecular flexibility index (Phi) is 9.75. The third kappa shape index (κ3) is 9.32. The van der Waals surface area contributed by atoms with Crippen molar-refractivity contribution < 1.29 is 24.2 Å². The van der Waals surface area contributed by atoms with Gasteiger partial charge in [0.1, 0.15) is 23.4 Å². The average Bonchev–Trinajstić information content (AvgIpc) is 2.63. The predicted octanol–water partition coefficient (Wildman–Crippen LogP) is 4.14. The number of amides is 3. The minimum Gasteiger partial charge on any atom is -0.508 e. The van der Waals surface area contributed by atoms with E-state index >= 15 is 0 Å². The molecule has 8 heteroatoms. The number of alkyl carbamates (subject to hydrolysis) is 1. The highest BCUT2D eigenvalue weighted by atomic mass is 16.6. The second kappa shape index (κ2) is 11.4. The first-order valence-electron chi connectivity index (χ1n) is 11.5. The molecule has 0 aromatic heterocycles. The van der Waals surface area contributed by atoms with Gasteiger partial charge >= 0.3 is 6.09 Å². The lowest BCUT2D eigenvalue weighted by Crippen LogP contribution is -2.56. The first-order valence-corrected chi connectivity index (χ1v) is 11.5. The Morgan fingerprint density at radius 2 is 1.58 bits per heavy atom. The van der Waals surface area contributed by atoms with Crippen molar-refractivity contribution in [1.29, 1.82) is 0 Å². The van der Waals surface area contributed by atoms with E-state index in [9.17, 15) is 19.5 Å². The Labute approximate surface area is 198 Å². The predicted molar refractivity (Wildman–Crippen MR) is 129 cm³/mol. The lowest BCUT2D eigenvalue weighted by molar-refractivity contribution is -0.144. The highest BCUT2D eigenvalue weighted by molar-refractivity contribution is 5.92. The second-order valence-corrected chi connectivity index (χ2v) is 10.6. The second-order valence-electron chi connectivity index (χ2n) is 10.6. The van der Waals surface area contributed by atoms with Crippen molar-refractivity contribution in [1.82, 2.24) is 15.5 Å². The summed E-state index contributed by atoms with van der Waals surface area (Å²) in [5.41, 5.74) is -0.658. The molecule has 0 saturated carbocycles. The van der Waals surface area contributed by atoms with Crippen LogP contribution in [-0.2, 0) is 14.3 Å². The number of aromatic hydroxyl groups is 1. The molecule has 0 aliphatic carbocycles. The van der Waals surface area contributed by atoms with E-state index < -0.39 is 29.3 Å². The first kappa shape index (κ1) is 28.3. The first-order chi connectivity index (χ1) is 15.1. The van der Waals surface area contributed by atoms with E-state index in [1.54, 1.807) is 32.9 Å². The van der Waals surface area contributed by atoms with Gasteiger partial charge < -0.3 is 25.4 Å². The van der Waals surface area contributed by atoms with E-state index in [1.807, 2.05) is 41.5 Å². The van der Waals surface area contributed by atoms with Gasteiger partial charge in [-0.15, -0.1) is 0 Å². The maximum atomic E-state index is 13.8. The van der Waals surface area contributed by atoms with Crippen LogP contribution in [0.15, 0.2) is 24.3 Å². The van der Waals surface area contributed by atoms with E-state index in [0.29, 0.717) is 18.5 Å². The number of carbonyl (C=O) groups is 3. The van der Waals surface area contributed by atoms with Crippen LogP contribution in [0.3, 0.4) is 0 Å². The van der Waals surface area contributed by atoms with Crippen molar-refractivity contribution in [3.05, 3.63) is 29.8 Å². The molecule has 2 unspecified atom stereocenters. The number of hydrogen-bond donors (Lipinski definition) is 3. The number of rotatable bonds is 8. The molecular formula is C25H41N3O5. The van der Waals surface area contributed by atoms with Crippen LogP contribution in [0, 0.1) is 5.92 Å². The third-order valence-electron chi connectivity index (χ3n) is 4.62. The maximum absolute atomic E-state index is 13.8. The SMILES string of the molecule is CCCN(C(=O)C(NC(=O)OC(C)(C)C)C(C)C)C(C(=O)NC(C)(C)C)c1ccc(O)cc1. The van der Waals surface area contributed by atoms with Crippen molar-refractivity contribution in [2.75, 3.05) is 6.54 Å². The number of hydrogen-bond acceptors (Lipinski definition) is 5. The van der Waals surface area contributed by atoms with Gasteiger partial charge in [0.15, 0.2) is 0 Å². The van der Waals surface area contributed by atoms with Gasteiger partial charge in [-0.05, 0) is 71.6 Å².